The van der Waals surface area contributed by atoms with Crippen molar-refractivity contribution in [3.63, 3.8) is 0 Å². The molecule has 0 fully saturated rings. The summed E-state index contributed by atoms with van der Waals surface area (Å²) in [4.78, 5) is 17.9. The minimum atomic E-state index is -0.449. The normalized spacial score (nSPS) is 11.7. The van der Waals surface area contributed by atoms with Crippen LogP contribution in [0.4, 0.5) is 9.18 Å². The number of methoxy groups -OCH3 is 1. The maximum absolute atomic E-state index is 13.8. The van der Waals surface area contributed by atoms with Crippen molar-refractivity contribution in [2.75, 3.05) is 14.2 Å². The zero-order valence-electron chi connectivity index (χ0n) is 16.0. The van der Waals surface area contributed by atoms with Crippen molar-refractivity contribution < 1.29 is 13.9 Å². The van der Waals surface area contributed by atoms with E-state index in [9.17, 15) is 9.18 Å². The third-order valence-corrected chi connectivity index (χ3v) is 4.40. The summed E-state index contributed by atoms with van der Waals surface area (Å²) < 4.78 is 20.4. The van der Waals surface area contributed by atoms with Gasteiger partial charge >= 0.3 is 6.03 Å². The fourth-order valence-corrected chi connectivity index (χ4v) is 2.79. The lowest BCUT2D eigenvalue weighted by molar-refractivity contribution is 0.203. The molecular weight excluding hydrogens is 361 g/mol. The monoisotopic (exact) mass is 383 g/mol. The van der Waals surface area contributed by atoms with E-state index in [1.54, 1.807) is 30.2 Å². The minimum absolute atomic E-state index is 0.179. The molecule has 0 aliphatic rings. The molecule has 2 amide bonds. The van der Waals surface area contributed by atoms with Gasteiger partial charge in [-0.2, -0.15) is 5.10 Å². The second kappa shape index (κ2) is 8.51. The van der Waals surface area contributed by atoms with Crippen LogP contribution in [0.3, 0.4) is 0 Å². The number of hydrogen-bond acceptors (Lipinski definition) is 4. The molecule has 1 N–H and O–H groups in total. The largest absolute Gasteiger partial charge is 0.494 e. The van der Waals surface area contributed by atoms with E-state index in [-0.39, 0.29) is 24.4 Å². The van der Waals surface area contributed by atoms with Crippen LogP contribution in [0.2, 0.25) is 0 Å². The summed E-state index contributed by atoms with van der Waals surface area (Å²) >= 11 is 0. The quantitative estimate of drug-likeness (QED) is 0.709. The van der Waals surface area contributed by atoms with Gasteiger partial charge < -0.3 is 15.0 Å². The number of ether oxygens (including phenoxy) is 1. The molecule has 1 atom stereocenters. The molecule has 146 valence electrons. The summed E-state index contributed by atoms with van der Waals surface area (Å²) in [5.74, 6) is -0.270. The van der Waals surface area contributed by atoms with E-state index in [4.69, 9.17) is 4.74 Å². The van der Waals surface area contributed by atoms with Crippen LogP contribution >= 0.6 is 0 Å². The highest BCUT2D eigenvalue weighted by atomic mass is 19.1. The number of hydrogen-bond donors (Lipinski definition) is 1. The van der Waals surface area contributed by atoms with E-state index in [0.717, 1.165) is 11.3 Å². The van der Waals surface area contributed by atoms with Crippen LogP contribution in [0.25, 0.3) is 5.69 Å². The summed E-state index contributed by atoms with van der Waals surface area (Å²) in [6.45, 7) is 2.19. The minimum Gasteiger partial charge on any atom is -0.494 e. The van der Waals surface area contributed by atoms with Gasteiger partial charge in [-0.25, -0.2) is 18.9 Å². The number of amides is 2. The molecule has 0 bridgehead atoms. The highest BCUT2D eigenvalue weighted by Crippen LogP contribution is 2.19. The van der Waals surface area contributed by atoms with Crippen LogP contribution in [0.15, 0.2) is 55.1 Å². The number of carbonyl (C=O) groups is 1. The molecule has 8 heteroatoms. The molecule has 0 saturated heterocycles. The molecule has 0 radical (unpaired) electrons. The van der Waals surface area contributed by atoms with Crippen LogP contribution in [0, 0.1) is 5.82 Å². The van der Waals surface area contributed by atoms with Gasteiger partial charge in [-0.05, 0) is 42.3 Å². The number of nitrogens with one attached hydrogen (secondary N) is 1. The highest BCUT2D eigenvalue weighted by Gasteiger charge is 2.15. The Morgan fingerprint density at radius 2 is 2.04 bits per heavy atom. The number of aromatic nitrogens is 3. The lowest BCUT2D eigenvalue weighted by atomic mass is 10.1. The fourth-order valence-electron chi connectivity index (χ4n) is 2.79. The maximum Gasteiger partial charge on any atom is 0.317 e. The summed E-state index contributed by atoms with van der Waals surface area (Å²) in [7, 11) is 3.08. The lowest BCUT2D eigenvalue weighted by Crippen LogP contribution is -2.38. The standard InChI is InChI=1S/C20H22FN5O2/c1-14(16-5-7-17(8-6-16)26-13-22-12-23-26)24-20(27)25(2)11-15-4-9-19(28-3)18(21)10-15/h4-10,12-14H,11H2,1-3H3,(H,24,27). The number of rotatable bonds is 6. The first-order valence-corrected chi connectivity index (χ1v) is 8.77. The first kappa shape index (κ1) is 19.3. The van der Waals surface area contributed by atoms with Crippen molar-refractivity contribution >= 4 is 6.03 Å². The number of urea groups is 1. The van der Waals surface area contributed by atoms with Gasteiger partial charge in [-0.15, -0.1) is 0 Å². The second-order valence-corrected chi connectivity index (χ2v) is 6.43. The summed E-state index contributed by atoms with van der Waals surface area (Å²) in [5.41, 5.74) is 2.53. The predicted molar refractivity (Wildman–Crippen MR) is 103 cm³/mol. The Morgan fingerprint density at radius 1 is 1.29 bits per heavy atom. The fraction of sp³-hybridized carbons (Fsp3) is 0.250. The smallest absolute Gasteiger partial charge is 0.317 e. The molecule has 1 aromatic heterocycles. The number of benzene rings is 2. The Morgan fingerprint density at radius 3 is 2.64 bits per heavy atom. The van der Waals surface area contributed by atoms with Crippen molar-refractivity contribution in [2.24, 2.45) is 0 Å². The number of nitrogens with zero attached hydrogens (tertiary/aromatic N) is 4. The molecule has 2 aromatic carbocycles. The molecule has 3 rings (SSSR count). The summed E-state index contributed by atoms with van der Waals surface area (Å²) in [6, 6.07) is 11.9. The van der Waals surface area contributed by atoms with Crippen molar-refractivity contribution in [1.29, 1.82) is 0 Å². The highest BCUT2D eigenvalue weighted by molar-refractivity contribution is 5.74. The van der Waals surface area contributed by atoms with Gasteiger partial charge in [0.2, 0.25) is 0 Å². The van der Waals surface area contributed by atoms with Crippen LogP contribution in [0.1, 0.15) is 24.1 Å². The zero-order chi connectivity index (χ0) is 20.1. The predicted octanol–water partition coefficient (Wildman–Crippen LogP) is 3.32. The van der Waals surface area contributed by atoms with Crippen molar-refractivity contribution in [3.05, 3.63) is 72.1 Å². The summed E-state index contributed by atoms with van der Waals surface area (Å²) in [6.07, 6.45) is 3.10. The van der Waals surface area contributed by atoms with Crippen LogP contribution in [-0.2, 0) is 6.54 Å². The average Bonchev–Trinajstić information content (AvgIpc) is 3.23. The van der Waals surface area contributed by atoms with E-state index in [2.05, 4.69) is 15.4 Å². The van der Waals surface area contributed by atoms with Crippen molar-refractivity contribution in [2.45, 2.75) is 19.5 Å². The Kier molecular flexibility index (Phi) is 5.88. The molecule has 0 aliphatic carbocycles. The SMILES string of the molecule is COc1ccc(CN(C)C(=O)NC(C)c2ccc(-n3cncn3)cc2)cc1F. The second-order valence-electron chi connectivity index (χ2n) is 6.43. The molecule has 7 nitrogen and oxygen atoms in total. The Labute approximate surface area is 162 Å². The third kappa shape index (κ3) is 4.46. The van der Waals surface area contributed by atoms with Crippen LogP contribution < -0.4 is 10.1 Å². The van der Waals surface area contributed by atoms with Crippen LogP contribution in [0.5, 0.6) is 5.75 Å². The maximum atomic E-state index is 13.8. The molecule has 28 heavy (non-hydrogen) atoms. The third-order valence-electron chi connectivity index (χ3n) is 4.40. The van der Waals surface area contributed by atoms with E-state index >= 15 is 0 Å². The Hall–Kier alpha value is -3.42. The van der Waals surface area contributed by atoms with Crippen molar-refractivity contribution in [3.8, 4) is 11.4 Å². The summed E-state index contributed by atoms with van der Waals surface area (Å²) in [5, 5.41) is 7.03. The molecule has 0 aliphatic heterocycles. The number of carbonyl (C=O) groups excluding carboxylic acids is 1. The zero-order valence-corrected chi connectivity index (χ0v) is 16.0. The first-order chi connectivity index (χ1) is 13.5. The number of halogens is 1. The van der Waals surface area contributed by atoms with E-state index in [1.165, 1.54) is 24.4 Å². The van der Waals surface area contributed by atoms with E-state index in [1.807, 2.05) is 31.2 Å². The molecular formula is C20H22FN5O2. The van der Waals surface area contributed by atoms with Gasteiger partial charge in [0.25, 0.3) is 0 Å². The lowest BCUT2D eigenvalue weighted by Gasteiger charge is -2.22. The first-order valence-electron chi connectivity index (χ1n) is 8.77. The van der Waals surface area contributed by atoms with E-state index < -0.39 is 5.82 Å². The average molecular weight is 383 g/mol. The van der Waals surface area contributed by atoms with Crippen LogP contribution in [-0.4, -0.2) is 39.9 Å². The molecule has 3 aromatic rings. The van der Waals surface area contributed by atoms with Crippen molar-refractivity contribution in [1.82, 2.24) is 25.0 Å². The van der Waals surface area contributed by atoms with Gasteiger partial charge in [0.15, 0.2) is 11.6 Å². The van der Waals surface area contributed by atoms with Gasteiger partial charge in [-0.3, -0.25) is 0 Å². The van der Waals surface area contributed by atoms with Gasteiger partial charge in [0.1, 0.15) is 12.7 Å². The van der Waals surface area contributed by atoms with E-state index in [0.29, 0.717) is 5.56 Å². The molecule has 0 spiro atoms. The topological polar surface area (TPSA) is 72.3 Å². The Balaban J connectivity index is 1.59. The Bertz CT molecular complexity index is 928. The molecule has 0 saturated carbocycles. The molecule has 1 unspecified atom stereocenters. The molecule has 1 heterocycles. The van der Waals surface area contributed by atoms with Gasteiger partial charge in [0, 0.05) is 13.6 Å². The van der Waals surface area contributed by atoms with Gasteiger partial charge in [-0.1, -0.05) is 18.2 Å². The van der Waals surface area contributed by atoms with Gasteiger partial charge in [0.05, 0.1) is 18.8 Å².